The molecule has 0 fully saturated rings. The molecule has 0 aliphatic carbocycles. The highest BCUT2D eigenvalue weighted by Gasteiger charge is 2.21. The molecule has 2 aromatic carbocycles. The molecule has 4 rings (SSSR count). The Balaban J connectivity index is 1.33. The molecule has 1 atom stereocenters. The fourth-order valence-corrected chi connectivity index (χ4v) is 3.05. The Labute approximate surface area is 167 Å². The lowest BCUT2D eigenvalue weighted by molar-refractivity contribution is -0.111. The zero-order valence-electron chi connectivity index (χ0n) is 14.9. The van der Waals surface area contributed by atoms with Crippen molar-refractivity contribution in [2.45, 2.75) is 12.6 Å². The summed E-state index contributed by atoms with van der Waals surface area (Å²) in [4.78, 5) is 12.1. The number of carbonyl (C=O) groups is 1. The zero-order valence-corrected chi connectivity index (χ0v) is 15.7. The lowest BCUT2D eigenvalue weighted by Crippen LogP contribution is -2.33. The van der Waals surface area contributed by atoms with Gasteiger partial charge in [0.2, 0.25) is 5.91 Å². The summed E-state index contributed by atoms with van der Waals surface area (Å²) in [5.74, 6) is 1.22. The van der Waals surface area contributed by atoms with E-state index in [-0.39, 0.29) is 12.0 Å². The zero-order chi connectivity index (χ0) is 19.3. The van der Waals surface area contributed by atoms with Gasteiger partial charge in [-0.3, -0.25) is 9.48 Å². The maximum absolute atomic E-state index is 12.1. The van der Waals surface area contributed by atoms with Gasteiger partial charge >= 0.3 is 0 Å². The average molecular weight is 396 g/mol. The van der Waals surface area contributed by atoms with Gasteiger partial charge in [-0.05, 0) is 29.8 Å². The Morgan fingerprint density at radius 2 is 2.00 bits per heavy atom. The molecule has 1 amide bonds. The number of amides is 1. The van der Waals surface area contributed by atoms with Crippen molar-refractivity contribution in [2.75, 3.05) is 11.9 Å². The van der Waals surface area contributed by atoms with Crippen molar-refractivity contribution in [3.05, 3.63) is 77.6 Å². The van der Waals surface area contributed by atoms with Crippen molar-refractivity contribution >= 4 is 29.3 Å². The van der Waals surface area contributed by atoms with E-state index < -0.39 is 0 Å². The minimum atomic E-state index is -0.259. The molecule has 0 unspecified atom stereocenters. The number of nitrogens with zero attached hydrogens (tertiary/aromatic N) is 2. The number of rotatable bonds is 5. The van der Waals surface area contributed by atoms with E-state index in [1.54, 1.807) is 29.2 Å². The molecule has 0 radical (unpaired) electrons. The molecule has 0 saturated heterocycles. The van der Waals surface area contributed by atoms with E-state index in [2.05, 4.69) is 10.4 Å². The molecule has 6 nitrogen and oxygen atoms in total. The van der Waals surface area contributed by atoms with Crippen LogP contribution in [0, 0.1) is 0 Å². The van der Waals surface area contributed by atoms with Crippen molar-refractivity contribution < 1.29 is 14.3 Å². The summed E-state index contributed by atoms with van der Waals surface area (Å²) in [5, 5.41) is 7.65. The van der Waals surface area contributed by atoms with Crippen LogP contribution in [-0.2, 0) is 11.3 Å². The highest BCUT2D eigenvalue weighted by molar-refractivity contribution is 6.32. The van der Waals surface area contributed by atoms with Gasteiger partial charge in [0.15, 0.2) is 17.6 Å². The molecule has 1 aliphatic heterocycles. The Bertz CT molecular complexity index is 1020. The van der Waals surface area contributed by atoms with Crippen LogP contribution in [0.15, 0.2) is 67.0 Å². The maximum atomic E-state index is 12.1. The number of hydrogen-bond acceptors (Lipinski definition) is 4. The SMILES string of the molecule is O=C(/C=C/c1ccccc1Cl)Nc1cnn(C[C@H]2COc3ccccc3O2)c1. The van der Waals surface area contributed by atoms with E-state index in [4.69, 9.17) is 21.1 Å². The third kappa shape index (κ3) is 4.35. The van der Waals surface area contributed by atoms with Crippen LogP contribution >= 0.6 is 11.6 Å². The normalized spacial score (nSPS) is 15.5. The van der Waals surface area contributed by atoms with Crippen LogP contribution in [0.1, 0.15) is 5.56 Å². The summed E-state index contributed by atoms with van der Waals surface area (Å²) >= 11 is 6.08. The third-order valence-corrected chi connectivity index (χ3v) is 4.52. The van der Waals surface area contributed by atoms with Crippen molar-refractivity contribution in [1.29, 1.82) is 0 Å². The number of nitrogens with one attached hydrogen (secondary N) is 1. The van der Waals surface area contributed by atoms with Gasteiger partial charge in [-0.25, -0.2) is 0 Å². The molecule has 1 N–H and O–H groups in total. The largest absolute Gasteiger partial charge is 0.486 e. The number of para-hydroxylation sites is 2. The molecule has 1 aromatic heterocycles. The lowest BCUT2D eigenvalue weighted by Gasteiger charge is -2.26. The van der Waals surface area contributed by atoms with Gasteiger partial charge in [0, 0.05) is 17.3 Å². The molecule has 3 aromatic rings. The topological polar surface area (TPSA) is 65.4 Å². The van der Waals surface area contributed by atoms with E-state index in [1.807, 2.05) is 42.5 Å². The first kappa shape index (κ1) is 18.1. The van der Waals surface area contributed by atoms with Gasteiger partial charge < -0.3 is 14.8 Å². The summed E-state index contributed by atoms with van der Waals surface area (Å²) < 4.78 is 13.4. The Morgan fingerprint density at radius 3 is 2.86 bits per heavy atom. The van der Waals surface area contributed by atoms with Crippen LogP contribution in [0.3, 0.4) is 0 Å². The van der Waals surface area contributed by atoms with Gasteiger partial charge in [0.1, 0.15) is 6.61 Å². The molecule has 0 bridgehead atoms. The fraction of sp³-hybridized carbons (Fsp3) is 0.143. The Hall–Kier alpha value is -3.25. The summed E-state index contributed by atoms with van der Waals surface area (Å²) in [7, 11) is 0. The Morgan fingerprint density at radius 1 is 1.21 bits per heavy atom. The molecule has 0 spiro atoms. The number of aromatic nitrogens is 2. The van der Waals surface area contributed by atoms with Crippen LogP contribution in [-0.4, -0.2) is 28.4 Å². The molecular weight excluding hydrogens is 378 g/mol. The summed E-state index contributed by atoms with van der Waals surface area (Å²) in [5.41, 5.74) is 1.38. The molecule has 2 heterocycles. The quantitative estimate of drug-likeness (QED) is 0.662. The van der Waals surface area contributed by atoms with Crippen LogP contribution in [0.5, 0.6) is 11.5 Å². The molecule has 7 heteroatoms. The van der Waals surface area contributed by atoms with Crippen molar-refractivity contribution in [1.82, 2.24) is 9.78 Å². The lowest BCUT2D eigenvalue weighted by atomic mass is 10.2. The smallest absolute Gasteiger partial charge is 0.248 e. The van der Waals surface area contributed by atoms with Crippen LogP contribution < -0.4 is 14.8 Å². The van der Waals surface area contributed by atoms with Gasteiger partial charge in [-0.2, -0.15) is 5.10 Å². The number of anilines is 1. The molecule has 142 valence electrons. The van der Waals surface area contributed by atoms with E-state index in [0.29, 0.717) is 23.9 Å². The third-order valence-electron chi connectivity index (χ3n) is 4.18. The maximum Gasteiger partial charge on any atom is 0.248 e. The van der Waals surface area contributed by atoms with Gasteiger partial charge in [-0.15, -0.1) is 0 Å². The second-order valence-electron chi connectivity index (χ2n) is 6.29. The van der Waals surface area contributed by atoms with E-state index in [0.717, 1.165) is 17.1 Å². The van der Waals surface area contributed by atoms with Gasteiger partial charge in [0.05, 0.1) is 18.4 Å². The van der Waals surface area contributed by atoms with Crippen molar-refractivity contribution in [3.63, 3.8) is 0 Å². The summed E-state index contributed by atoms with van der Waals surface area (Å²) in [6.45, 7) is 0.957. The second-order valence-corrected chi connectivity index (χ2v) is 6.70. The first-order chi connectivity index (χ1) is 13.7. The average Bonchev–Trinajstić information content (AvgIpc) is 3.14. The highest BCUT2D eigenvalue weighted by Crippen LogP contribution is 2.31. The molecule has 1 aliphatic rings. The summed E-state index contributed by atoms with van der Waals surface area (Å²) in [6.07, 6.45) is 6.31. The number of carbonyl (C=O) groups excluding carboxylic acids is 1. The Kier molecular flexibility index (Phi) is 5.30. The molecule has 28 heavy (non-hydrogen) atoms. The number of hydrogen-bond donors (Lipinski definition) is 1. The summed E-state index contributed by atoms with van der Waals surface area (Å²) in [6, 6.07) is 14.9. The standard InChI is InChI=1S/C21H18ClN3O3/c22-18-6-2-1-5-15(18)9-10-21(26)24-16-11-23-25(12-16)13-17-14-27-19-7-3-4-8-20(19)28-17/h1-12,17H,13-14H2,(H,24,26)/b10-9+/t17-/m0/s1. The van der Waals surface area contributed by atoms with Crippen molar-refractivity contribution in [2.24, 2.45) is 0 Å². The van der Waals surface area contributed by atoms with Crippen LogP contribution in [0.4, 0.5) is 5.69 Å². The van der Waals surface area contributed by atoms with Crippen LogP contribution in [0.2, 0.25) is 5.02 Å². The first-order valence-corrected chi connectivity index (χ1v) is 9.20. The van der Waals surface area contributed by atoms with E-state index in [9.17, 15) is 4.79 Å². The van der Waals surface area contributed by atoms with Gasteiger partial charge in [0.25, 0.3) is 0 Å². The number of benzene rings is 2. The number of fused-ring (bicyclic) bond motifs is 1. The minimum Gasteiger partial charge on any atom is -0.486 e. The predicted molar refractivity (Wildman–Crippen MR) is 108 cm³/mol. The monoisotopic (exact) mass is 395 g/mol. The highest BCUT2D eigenvalue weighted by atomic mass is 35.5. The van der Waals surface area contributed by atoms with E-state index >= 15 is 0 Å². The van der Waals surface area contributed by atoms with Gasteiger partial charge in [-0.1, -0.05) is 41.9 Å². The number of ether oxygens (including phenoxy) is 2. The minimum absolute atomic E-state index is 0.154. The predicted octanol–water partition coefficient (Wildman–Crippen LogP) is 4.03. The molecule has 0 saturated carbocycles. The second kappa shape index (κ2) is 8.19. The van der Waals surface area contributed by atoms with E-state index in [1.165, 1.54) is 6.08 Å². The van der Waals surface area contributed by atoms with Crippen molar-refractivity contribution in [3.8, 4) is 11.5 Å². The van der Waals surface area contributed by atoms with Crippen LogP contribution in [0.25, 0.3) is 6.08 Å². The first-order valence-electron chi connectivity index (χ1n) is 8.82. The number of halogens is 1. The fourth-order valence-electron chi connectivity index (χ4n) is 2.85. The molecular formula is C21H18ClN3O3.